The van der Waals surface area contributed by atoms with Crippen LogP contribution in [0.3, 0.4) is 0 Å². The normalized spacial score (nSPS) is 49.8. The molecule has 216 valence electrons. The van der Waals surface area contributed by atoms with Gasteiger partial charge in [0.1, 0.15) is 19.0 Å². The highest BCUT2D eigenvalue weighted by Gasteiger charge is 3.05. The summed E-state index contributed by atoms with van der Waals surface area (Å²) in [5.74, 6) is -4.93. The largest absolute Gasteiger partial charge is 0.456 e. The molecule has 2 spiro atoms. The van der Waals surface area contributed by atoms with Crippen molar-refractivity contribution in [2.75, 3.05) is 6.79 Å². The molecule has 12 nitrogen and oxygen atoms in total. The molecule has 7 rings (SSSR count). The van der Waals surface area contributed by atoms with E-state index in [1.165, 1.54) is 6.92 Å². The summed E-state index contributed by atoms with van der Waals surface area (Å²) in [6.45, 7) is 6.68. The van der Waals surface area contributed by atoms with E-state index < -0.39 is 94.0 Å². The van der Waals surface area contributed by atoms with Crippen molar-refractivity contribution < 1.29 is 58.1 Å². The molecule has 2 saturated carbocycles. The Hall–Kier alpha value is -2.61. The average molecular weight is 561 g/mol. The molecule has 0 unspecified atom stereocenters. The van der Waals surface area contributed by atoms with Crippen LogP contribution in [0.4, 0.5) is 0 Å². The summed E-state index contributed by atoms with van der Waals surface area (Å²) >= 11 is 0. The summed E-state index contributed by atoms with van der Waals surface area (Å²) in [5.41, 5.74) is -8.39. The number of aliphatic hydroxyl groups excluding tert-OH is 2. The molecule has 12 heteroatoms. The van der Waals surface area contributed by atoms with Crippen molar-refractivity contribution in [1.29, 1.82) is 0 Å². The number of rotatable bonds is 5. The maximum absolute atomic E-state index is 13.8. The van der Waals surface area contributed by atoms with Crippen LogP contribution in [0, 0.1) is 28.1 Å². The van der Waals surface area contributed by atoms with Gasteiger partial charge in [-0.15, -0.1) is 0 Å². The van der Waals surface area contributed by atoms with Gasteiger partial charge in [-0.1, -0.05) is 51.1 Å². The zero-order chi connectivity index (χ0) is 28.6. The first-order valence-corrected chi connectivity index (χ1v) is 13.4. The Balaban J connectivity index is 1.39. The van der Waals surface area contributed by atoms with E-state index in [2.05, 4.69) is 0 Å². The summed E-state index contributed by atoms with van der Waals surface area (Å²) in [7, 11) is 0. The number of fused-ring (bicyclic) bond motifs is 1. The molecule has 4 saturated heterocycles. The van der Waals surface area contributed by atoms with Gasteiger partial charge in [-0.25, -0.2) is 9.59 Å². The van der Waals surface area contributed by atoms with Crippen molar-refractivity contribution in [3.63, 3.8) is 0 Å². The molecule has 4 aliphatic heterocycles. The molecular weight excluding hydrogens is 528 g/mol. The quantitative estimate of drug-likeness (QED) is 0.188. The minimum absolute atomic E-state index is 0.179. The van der Waals surface area contributed by atoms with Crippen LogP contribution in [0.15, 0.2) is 30.3 Å². The van der Waals surface area contributed by atoms with Gasteiger partial charge in [0.15, 0.2) is 17.8 Å². The molecule has 3 N–H and O–H groups in total. The fourth-order valence-electron chi connectivity index (χ4n) is 9.30. The van der Waals surface area contributed by atoms with Crippen molar-refractivity contribution in [3.05, 3.63) is 35.9 Å². The molecule has 12 atom stereocenters. The zero-order valence-electron chi connectivity index (χ0n) is 22.4. The second-order valence-corrected chi connectivity index (χ2v) is 12.9. The Morgan fingerprint density at radius 1 is 0.975 bits per heavy atom. The highest BCUT2D eigenvalue weighted by molar-refractivity contribution is 5.94. The van der Waals surface area contributed by atoms with Crippen LogP contribution < -0.4 is 0 Å². The first-order valence-electron chi connectivity index (χ1n) is 13.4. The van der Waals surface area contributed by atoms with Gasteiger partial charge in [0.25, 0.3) is 0 Å². The van der Waals surface area contributed by atoms with E-state index in [9.17, 15) is 29.7 Å². The lowest BCUT2D eigenvalue weighted by Crippen LogP contribution is -2.67. The second-order valence-electron chi connectivity index (χ2n) is 12.9. The maximum atomic E-state index is 13.8. The monoisotopic (exact) mass is 560 g/mol. The number of benzene rings is 1. The lowest BCUT2D eigenvalue weighted by atomic mass is 9.51. The van der Waals surface area contributed by atoms with E-state index in [1.807, 2.05) is 51.1 Å². The van der Waals surface area contributed by atoms with E-state index in [1.54, 1.807) is 0 Å². The lowest BCUT2D eigenvalue weighted by Gasteiger charge is -2.48. The summed E-state index contributed by atoms with van der Waals surface area (Å²) in [6, 6.07) is 9.31. The third-order valence-corrected chi connectivity index (χ3v) is 10.4. The molecule has 6 aliphatic rings. The highest BCUT2D eigenvalue weighted by Crippen LogP contribution is 2.84. The van der Waals surface area contributed by atoms with Gasteiger partial charge < -0.3 is 43.7 Å². The maximum Gasteiger partial charge on any atom is 0.343 e. The van der Waals surface area contributed by atoms with Crippen LogP contribution in [0.5, 0.6) is 0 Å². The van der Waals surface area contributed by atoms with Gasteiger partial charge in [-0.2, -0.15) is 0 Å². The molecule has 1 aromatic carbocycles. The molecule has 6 fully saturated rings. The van der Waals surface area contributed by atoms with Crippen molar-refractivity contribution in [1.82, 2.24) is 0 Å². The predicted octanol–water partition coefficient (Wildman–Crippen LogP) is -0.200. The van der Waals surface area contributed by atoms with Crippen LogP contribution in [0.25, 0.3) is 0 Å². The second kappa shape index (κ2) is 7.81. The average Bonchev–Trinajstić information content (AvgIpc) is 3.59. The van der Waals surface area contributed by atoms with Gasteiger partial charge in [0, 0.05) is 5.92 Å². The van der Waals surface area contributed by atoms with Crippen molar-refractivity contribution in [3.8, 4) is 0 Å². The SMILES string of the molecule is C[C@@H]1C(=O)O[C@H]2[C@@H](O)[C@]34[C@@H]5OC(=O)[C@]3(O[C@@H]3OC(=O)[C@H](OCOCc6ccccc6)[C@@]34[C@H](C(C)(C)C)[C@H]5O)[C@@]12O. The van der Waals surface area contributed by atoms with Crippen LogP contribution in [-0.2, 0) is 49.4 Å². The standard InChI is InChI=1S/C28H32O12/c1-12-20(31)37-18-16(30)26-17-14(29)15(24(2,3)4)25(26)19(36-11-35-10-13-8-6-5-7-9-13)21(32)39-23(25)40-28(26,22(33)38-17)27(12,18)34/h5-9,12,14-19,23,29-30,34H,10-11H2,1-4H3/t12-,14-,15+,16-,17-,18+,19+,23+,25+,26-,27-,28-/m1/s1. The number of carbonyl (C=O) groups excluding carboxylic acids is 3. The molecule has 0 bridgehead atoms. The highest BCUT2D eigenvalue weighted by atomic mass is 16.8. The van der Waals surface area contributed by atoms with Gasteiger partial charge in [0.2, 0.25) is 11.9 Å². The number of ether oxygens (including phenoxy) is 6. The Kier molecular flexibility index (Phi) is 5.14. The predicted molar refractivity (Wildman–Crippen MR) is 128 cm³/mol. The van der Waals surface area contributed by atoms with Crippen molar-refractivity contribution in [2.24, 2.45) is 28.1 Å². The number of esters is 3. The number of hydrogen-bond donors (Lipinski definition) is 3. The molecule has 4 heterocycles. The fourth-order valence-corrected chi connectivity index (χ4v) is 9.30. The number of hydrogen-bond acceptors (Lipinski definition) is 12. The van der Waals surface area contributed by atoms with Gasteiger partial charge in [-0.3, -0.25) is 4.79 Å². The number of carbonyl (C=O) groups is 3. The zero-order valence-corrected chi connectivity index (χ0v) is 22.4. The van der Waals surface area contributed by atoms with E-state index >= 15 is 0 Å². The lowest BCUT2D eigenvalue weighted by molar-refractivity contribution is -0.240. The van der Waals surface area contributed by atoms with Gasteiger partial charge >= 0.3 is 17.9 Å². The molecule has 0 amide bonds. The van der Waals surface area contributed by atoms with Crippen LogP contribution in [-0.4, -0.2) is 88.0 Å². The fraction of sp³-hybridized carbons (Fsp3) is 0.679. The van der Waals surface area contributed by atoms with E-state index in [0.29, 0.717) is 0 Å². The first-order chi connectivity index (χ1) is 18.8. The molecular formula is C28H32O12. The van der Waals surface area contributed by atoms with Gasteiger partial charge in [-0.05, 0) is 17.9 Å². The smallest absolute Gasteiger partial charge is 0.343 e. The summed E-state index contributed by atoms with van der Waals surface area (Å²) in [4.78, 5) is 40.0. The number of aliphatic hydroxyl groups is 3. The summed E-state index contributed by atoms with van der Waals surface area (Å²) in [6.07, 6.45) is -9.20. The van der Waals surface area contributed by atoms with Gasteiger partial charge in [0.05, 0.1) is 29.5 Å². The molecule has 1 aromatic rings. The van der Waals surface area contributed by atoms with Crippen LogP contribution >= 0.6 is 0 Å². The molecule has 2 aliphatic carbocycles. The Labute approximate surface area is 229 Å². The third kappa shape index (κ3) is 2.46. The van der Waals surface area contributed by atoms with Crippen molar-refractivity contribution in [2.45, 2.75) is 82.3 Å². The Morgan fingerprint density at radius 3 is 2.35 bits per heavy atom. The Morgan fingerprint density at radius 2 is 1.68 bits per heavy atom. The topological polar surface area (TPSA) is 167 Å². The molecule has 0 radical (unpaired) electrons. The first kappa shape index (κ1) is 26.3. The van der Waals surface area contributed by atoms with E-state index in [0.717, 1.165) is 5.56 Å². The minimum Gasteiger partial charge on any atom is -0.456 e. The van der Waals surface area contributed by atoms with Crippen molar-refractivity contribution >= 4 is 17.9 Å². The van der Waals surface area contributed by atoms with Crippen LogP contribution in [0.2, 0.25) is 0 Å². The summed E-state index contributed by atoms with van der Waals surface area (Å²) < 4.78 is 35.0. The minimum atomic E-state index is -2.39. The van der Waals surface area contributed by atoms with E-state index in [-0.39, 0.29) is 13.4 Å². The molecule has 40 heavy (non-hydrogen) atoms. The molecule has 0 aromatic heterocycles. The van der Waals surface area contributed by atoms with Crippen LogP contribution in [0.1, 0.15) is 33.3 Å². The summed E-state index contributed by atoms with van der Waals surface area (Å²) in [5, 5.41) is 36.1. The van der Waals surface area contributed by atoms with E-state index in [4.69, 9.17) is 28.4 Å². The third-order valence-electron chi connectivity index (χ3n) is 10.4. The Bertz CT molecular complexity index is 1290.